The van der Waals surface area contributed by atoms with Crippen molar-refractivity contribution in [3.05, 3.63) is 18.2 Å². The van der Waals surface area contributed by atoms with Gasteiger partial charge in [0.1, 0.15) is 10.6 Å². The smallest absolute Gasteiger partial charge is 0.315 e. The third kappa shape index (κ3) is 3.20. The number of benzene rings is 1. The summed E-state index contributed by atoms with van der Waals surface area (Å²) in [4.78, 5) is 25.2. The van der Waals surface area contributed by atoms with Gasteiger partial charge in [-0.2, -0.15) is 4.31 Å². The summed E-state index contributed by atoms with van der Waals surface area (Å²) in [5, 5.41) is 5.67. The minimum absolute atomic E-state index is 0.00194. The van der Waals surface area contributed by atoms with E-state index in [2.05, 4.69) is 10.6 Å². The van der Waals surface area contributed by atoms with Gasteiger partial charge in [-0.1, -0.05) is 0 Å². The normalized spacial score (nSPS) is 22.4. The van der Waals surface area contributed by atoms with E-state index in [1.165, 1.54) is 17.5 Å². The predicted molar refractivity (Wildman–Crippen MR) is 102 cm³/mol. The van der Waals surface area contributed by atoms with E-state index in [9.17, 15) is 18.0 Å². The zero-order valence-electron chi connectivity index (χ0n) is 15.7. The molecule has 3 amide bonds. The molecule has 2 N–H and O–H groups in total. The number of sulfonamides is 1. The van der Waals surface area contributed by atoms with Crippen molar-refractivity contribution in [1.29, 1.82) is 0 Å². The highest BCUT2D eigenvalue weighted by Gasteiger charge is 2.43. The largest absolute Gasteiger partial charge is 0.495 e. The van der Waals surface area contributed by atoms with Crippen LogP contribution in [0.1, 0.15) is 25.7 Å². The third-order valence-electron chi connectivity index (χ3n) is 5.80. The summed E-state index contributed by atoms with van der Waals surface area (Å²) < 4.78 is 33.4. The second kappa shape index (κ2) is 6.93. The van der Waals surface area contributed by atoms with Gasteiger partial charge in [0.2, 0.25) is 15.9 Å². The molecule has 1 aromatic carbocycles. The average molecular weight is 408 g/mol. The highest BCUT2D eigenvalue weighted by Crippen LogP contribution is 2.35. The molecule has 0 radical (unpaired) electrons. The number of hydrogen-bond donors (Lipinski definition) is 2. The first-order valence-electron chi connectivity index (χ1n) is 9.39. The van der Waals surface area contributed by atoms with Gasteiger partial charge >= 0.3 is 6.03 Å². The maximum Gasteiger partial charge on any atom is 0.315 e. The van der Waals surface area contributed by atoms with Gasteiger partial charge in [0.05, 0.1) is 12.6 Å². The molecule has 3 fully saturated rings. The van der Waals surface area contributed by atoms with Crippen LogP contribution in [0.5, 0.6) is 5.75 Å². The fourth-order valence-corrected chi connectivity index (χ4v) is 5.75. The first-order chi connectivity index (χ1) is 13.3. The van der Waals surface area contributed by atoms with Gasteiger partial charge in [0, 0.05) is 38.3 Å². The lowest BCUT2D eigenvalue weighted by molar-refractivity contribution is -0.117. The lowest BCUT2D eigenvalue weighted by Crippen LogP contribution is -2.53. The van der Waals surface area contributed by atoms with E-state index in [1.54, 1.807) is 17.0 Å². The van der Waals surface area contributed by atoms with Crippen molar-refractivity contribution < 1.29 is 22.7 Å². The van der Waals surface area contributed by atoms with E-state index in [0.29, 0.717) is 51.1 Å². The molecule has 4 rings (SSSR count). The Labute approximate surface area is 164 Å². The Morgan fingerprint density at radius 2 is 1.89 bits per heavy atom. The number of anilines is 1. The Morgan fingerprint density at radius 1 is 1.14 bits per heavy atom. The van der Waals surface area contributed by atoms with Crippen LogP contribution in [0.2, 0.25) is 0 Å². The average Bonchev–Trinajstić information content (AvgIpc) is 3.27. The Hall–Kier alpha value is -2.33. The van der Waals surface area contributed by atoms with Crippen LogP contribution in [0.25, 0.3) is 0 Å². The SMILES string of the molecule is COc1ccc(N2CCCC2=O)cc1S(=O)(=O)N1CCC2(CC1)CNC(=O)N2. The topological polar surface area (TPSA) is 108 Å². The molecule has 3 aliphatic rings. The molecule has 152 valence electrons. The quantitative estimate of drug-likeness (QED) is 0.761. The van der Waals surface area contributed by atoms with Crippen LogP contribution in [0.4, 0.5) is 10.5 Å². The van der Waals surface area contributed by atoms with E-state index in [0.717, 1.165) is 6.42 Å². The van der Waals surface area contributed by atoms with Gasteiger partial charge in [-0.25, -0.2) is 13.2 Å². The van der Waals surface area contributed by atoms with Crippen LogP contribution in [0.15, 0.2) is 23.1 Å². The molecule has 3 heterocycles. The lowest BCUT2D eigenvalue weighted by atomic mass is 9.90. The van der Waals surface area contributed by atoms with Crippen molar-refractivity contribution >= 4 is 27.6 Å². The molecule has 0 aromatic heterocycles. The summed E-state index contributed by atoms with van der Waals surface area (Å²) >= 11 is 0. The number of urea groups is 1. The maximum atomic E-state index is 13.3. The Balaban J connectivity index is 1.60. The fourth-order valence-electron chi connectivity index (χ4n) is 4.13. The van der Waals surface area contributed by atoms with Crippen LogP contribution >= 0.6 is 0 Å². The molecule has 0 unspecified atom stereocenters. The van der Waals surface area contributed by atoms with Crippen molar-refractivity contribution in [1.82, 2.24) is 14.9 Å². The number of amides is 3. The molecule has 1 spiro atoms. The molecule has 10 heteroatoms. The monoisotopic (exact) mass is 408 g/mol. The Bertz CT molecular complexity index is 909. The van der Waals surface area contributed by atoms with Crippen LogP contribution in [0, 0.1) is 0 Å². The highest BCUT2D eigenvalue weighted by atomic mass is 32.2. The minimum Gasteiger partial charge on any atom is -0.495 e. The molecular weight excluding hydrogens is 384 g/mol. The van der Waals surface area contributed by atoms with E-state index in [1.807, 2.05) is 0 Å². The summed E-state index contributed by atoms with van der Waals surface area (Å²) in [5.74, 6) is 0.254. The maximum absolute atomic E-state index is 13.3. The number of rotatable bonds is 4. The number of piperidine rings is 1. The number of carbonyl (C=O) groups excluding carboxylic acids is 2. The molecule has 0 atom stereocenters. The van der Waals surface area contributed by atoms with Crippen molar-refractivity contribution in [3.8, 4) is 5.75 Å². The van der Waals surface area contributed by atoms with Crippen molar-refractivity contribution in [2.45, 2.75) is 36.1 Å². The van der Waals surface area contributed by atoms with Crippen LogP contribution in [-0.2, 0) is 14.8 Å². The predicted octanol–water partition coefficient (Wildman–Crippen LogP) is 0.658. The van der Waals surface area contributed by atoms with Crippen molar-refractivity contribution in [2.24, 2.45) is 0 Å². The molecule has 0 bridgehead atoms. The molecule has 0 saturated carbocycles. The summed E-state index contributed by atoms with van der Waals surface area (Å²) in [6.45, 7) is 1.71. The van der Waals surface area contributed by atoms with Crippen LogP contribution in [-0.4, -0.2) is 63.5 Å². The Morgan fingerprint density at radius 3 is 2.46 bits per heavy atom. The number of carbonyl (C=O) groups is 2. The number of nitrogens with zero attached hydrogens (tertiary/aromatic N) is 2. The van der Waals surface area contributed by atoms with Gasteiger partial charge in [0.25, 0.3) is 0 Å². The minimum atomic E-state index is -3.80. The fraction of sp³-hybridized carbons (Fsp3) is 0.556. The number of ether oxygens (including phenoxy) is 1. The standard InChI is InChI=1S/C18H24N4O5S/c1-27-14-5-4-13(22-8-2-3-16(22)23)11-15(14)28(25,26)21-9-6-18(7-10-21)12-19-17(24)20-18/h4-5,11H,2-3,6-10,12H2,1H3,(H2,19,20,24). The number of nitrogens with one attached hydrogen (secondary N) is 2. The van der Waals surface area contributed by atoms with E-state index >= 15 is 0 Å². The summed E-state index contributed by atoms with van der Waals surface area (Å²) in [7, 11) is -2.37. The van der Waals surface area contributed by atoms with Gasteiger partial charge in [0.15, 0.2) is 0 Å². The molecule has 1 aromatic rings. The third-order valence-corrected chi connectivity index (χ3v) is 7.72. The first kappa shape index (κ1) is 19.0. The molecule has 28 heavy (non-hydrogen) atoms. The second-order valence-electron chi connectivity index (χ2n) is 7.48. The molecule has 3 aliphatic heterocycles. The zero-order chi connectivity index (χ0) is 19.9. The van der Waals surface area contributed by atoms with E-state index < -0.39 is 10.0 Å². The second-order valence-corrected chi connectivity index (χ2v) is 9.38. The zero-order valence-corrected chi connectivity index (χ0v) is 16.5. The number of hydrogen-bond acceptors (Lipinski definition) is 5. The van der Waals surface area contributed by atoms with Gasteiger partial charge in [-0.05, 0) is 37.5 Å². The van der Waals surface area contributed by atoms with E-state index in [4.69, 9.17) is 4.74 Å². The lowest BCUT2D eigenvalue weighted by Gasteiger charge is -2.37. The highest BCUT2D eigenvalue weighted by molar-refractivity contribution is 7.89. The molecule has 3 saturated heterocycles. The summed E-state index contributed by atoms with van der Waals surface area (Å²) in [6, 6.07) is 4.63. The Kier molecular flexibility index (Phi) is 4.70. The van der Waals surface area contributed by atoms with Gasteiger partial charge in [-0.15, -0.1) is 0 Å². The van der Waals surface area contributed by atoms with Gasteiger partial charge in [-0.3, -0.25) is 4.79 Å². The van der Waals surface area contributed by atoms with Crippen molar-refractivity contribution in [2.75, 3.05) is 38.2 Å². The molecule has 0 aliphatic carbocycles. The van der Waals surface area contributed by atoms with Crippen LogP contribution < -0.4 is 20.3 Å². The molecule has 9 nitrogen and oxygen atoms in total. The molecular formula is C18H24N4O5S. The van der Waals surface area contributed by atoms with Gasteiger partial charge < -0.3 is 20.3 Å². The van der Waals surface area contributed by atoms with E-state index in [-0.39, 0.29) is 28.1 Å². The summed E-state index contributed by atoms with van der Waals surface area (Å²) in [6.07, 6.45) is 2.32. The van der Waals surface area contributed by atoms with Crippen LogP contribution in [0.3, 0.4) is 0 Å². The first-order valence-corrected chi connectivity index (χ1v) is 10.8. The summed E-state index contributed by atoms with van der Waals surface area (Å²) in [5.41, 5.74) is 0.194. The number of methoxy groups -OCH3 is 1. The van der Waals surface area contributed by atoms with Crippen molar-refractivity contribution in [3.63, 3.8) is 0 Å².